The van der Waals surface area contributed by atoms with Crippen molar-refractivity contribution < 1.29 is 41.4 Å². The Morgan fingerprint density at radius 3 is 2.47 bits per heavy atom. The van der Waals surface area contributed by atoms with Gasteiger partial charge in [-0.2, -0.15) is 13.2 Å². The lowest BCUT2D eigenvalue weighted by Gasteiger charge is -2.32. The van der Waals surface area contributed by atoms with E-state index in [1.54, 1.807) is 0 Å². The second-order valence-corrected chi connectivity index (χ2v) is 9.46. The lowest BCUT2D eigenvalue weighted by atomic mass is 9.92. The van der Waals surface area contributed by atoms with Crippen molar-refractivity contribution in [1.29, 1.82) is 0 Å². The van der Waals surface area contributed by atoms with Crippen molar-refractivity contribution in [2.24, 2.45) is 0 Å². The Morgan fingerprint density at radius 2 is 1.79 bits per heavy atom. The zero-order chi connectivity index (χ0) is 27.4. The van der Waals surface area contributed by atoms with Gasteiger partial charge in [-0.1, -0.05) is 11.6 Å². The highest BCUT2D eigenvalue weighted by Gasteiger charge is 2.37. The fourth-order valence-electron chi connectivity index (χ4n) is 4.45. The van der Waals surface area contributed by atoms with Crippen LogP contribution < -0.4 is 15.4 Å². The Balaban J connectivity index is 1.58. The van der Waals surface area contributed by atoms with E-state index in [1.807, 2.05) is 0 Å². The highest BCUT2D eigenvalue weighted by atomic mass is 35.5. The molecule has 1 fully saturated rings. The summed E-state index contributed by atoms with van der Waals surface area (Å²) in [6.07, 6.45) is -5.10. The van der Waals surface area contributed by atoms with E-state index in [-0.39, 0.29) is 45.3 Å². The number of rotatable bonds is 5. The van der Waals surface area contributed by atoms with Crippen LogP contribution in [0.3, 0.4) is 0 Å². The average molecular weight is 553 g/mol. The summed E-state index contributed by atoms with van der Waals surface area (Å²) < 4.78 is 73.4. The third-order valence-corrected chi connectivity index (χ3v) is 6.68. The highest BCUT2D eigenvalue weighted by molar-refractivity contribution is 6.31. The van der Waals surface area contributed by atoms with Crippen molar-refractivity contribution in [3.63, 3.8) is 0 Å². The molecular formula is C26H18ClF5N2O4. The molecule has 3 N–H and O–H groups in total. The van der Waals surface area contributed by atoms with Crippen LogP contribution in [0.1, 0.15) is 56.3 Å². The first kappa shape index (κ1) is 25.9. The van der Waals surface area contributed by atoms with Gasteiger partial charge in [-0.25, -0.2) is 8.78 Å². The molecule has 0 bridgehead atoms. The molecule has 1 heterocycles. The second kappa shape index (κ2) is 9.55. The molecule has 5 rings (SSSR count). The van der Waals surface area contributed by atoms with Gasteiger partial charge in [0.15, 0.2) is 0 Å². The number of nitrogens with one attached hydrogen (secondary N) is 2. The van der Waals surface area contributed by atoms with E-state index >= 15 is 0 Å². The minimum absolute atomic E-state index is 0.0381. The number of anilines is 1. The molecule has 198 valence electrons. The monoisotopic (exact) mass is 552 g/mol. The molecule has 3 aromatic carbocycles. The van der Waals surface area contributed by atoms with Crippen molar-refractivity contribution in [3.8, 4) is 5.75 Å². The number of hydrogen-bond acceptors (Lipinski definition) is 4. The standard InChI is InChI=1S/C26H18ClF5N2O4/c27-20-2-1-13(28)6-18(20)23-22-19(25(37)34-23)9-17(38-16-7-15(35)8-16)10-21(22)33-24(36)11-3-12(26(30,31)32)5-14(29)4-11/h1-6,9-10,15-16,23,35H,7-8H2,(H,33,36)(H,34,37). The van der Waals surface area contributed by atoms with E-state index in [0.717, 1.165) is 12.1 Å². The summed E-state index contributed by atoms with van der Waals surface area (Å²) >= 11 is 6.26. The average Bonchev–Trinajstić information content (AvgIpc) is 3.15. The largest absolute Gasteiger partial charge is 0.490 e. The third kappa shape index (κ3) is 5.03. The Hall–Kier alpha value is -3.70. The number of ether oxygens (including phenoxy) is 1. The number of aliphatic hydroxyl groups is 1. The van der Waals surface area contributed by atoms with E-state index in [9.17, 15) is 36.6 Å². The van der Waals surface area contributed by atoms with Gasteiger partial charge in [-0.05, 0) is 42.5 Å². The van der Waals surface area contributed by atoms with E-state index in [2.05, 4.69) is 10.6 Å². The Labute approximate surface area is 217 Å². The molecule has 1 saturated carbocycles. The summed E-state index contributed by atoms with van der Waals surface area (Å²) in [5.41, 5.74) is -1.60. The van der Waals surface area contributed by atoms with Crippen LogP contribution in [0.5, 0.6) is 5.75 Å². The Kier molecular flexibility index (Phi) is 6.52. The lowest BCUT2D eigenvalue weighted by molar-refractivity contribution is -0.137. The molecule has 1 atom stereocenters. The van der Waals surface area contributed by atoms with Gasteiger partial charge in [0, 0.05) is 40.6 Å². The van der Waals surface area contributed by atoms with E-state index in [1.165, 1.54) is 18.2 Å². The van der Waals surface area contributed by atoms with Gasteiger partial charge in [0.2, 0.25) is 0 Å². The van der Waals surface area contributed by atoms with Crippen molar-refractivity contribution in [2.75, 3.05) is 5.32 Å². The summed E-state index contributed by atoms with van der Waals surface area (Å²) in [7, 11) is 0. The molecule has 1 aliphatic carbocycles. The van der Waals surface area contributed by atoms with Gasteiger partial charge in [0.1, 0.15) is 23.5 Å². The van der Waals surface area contributed by atoms with Crippen molar-refractivity contribution >= 4 is 29.1 Å². The summed E-state index contributed by atoms with van der Waals surface area (Å²) in [5.74, 6) is -3.44. The van der Waals surface area contributed by atoms with Gasteiger partial charge >= 0.3 is 6.18 Å². The number of amides is 2. The Bertz CT molecular complexity index is 1460. The molecule has 12 heteroatoms. The zero-order valence-electron chi connectivity index (χ0n) is 19.2. The Morgan fingerprint density at radius 1 is 1.05 bits per heavy atom. The fraction of sp³-hybridized carbons (Fsp3) is 0.231. The van der Waals surface area contributed by atoms with Crippen molar-refractivity contribution in [2.45, 2.75) is 37.3 Å². The van der Waals surface area contributed by atoms with Crippen LogP contribution in [0.2, 0.25) is 5.02 Å². The SMILES string of the molecule is O=C(Nc1cc(OC2CC(O)C2)cc2c1C(c1cc(F)ccc1Cl)NC2=O)c1cc(F)cc(C(F)(F)F)c1. The molecular weight excluding hydrogens is 535 g/mol. The summed E-state index contributed by atoms with van der Waals surface area (Å²) in [6, 6.07) is 6.67. The summed E-state index contributed by atoms with van der Waals surface area (Å²) in [6.45, 7) is 0. The quantitative estimate of drug-likeness (QED) is 0.358. The smallest absolute Gasteiger partial charge is 0.416 e. The zero-order valence-corrected chi connectivity index (χ0v) is 20.0. The molecule has 0 saturated heterocycles. The van der Waals surface area contributed by atoms with Crippen LogP contribution >= 0.6 is 11.6 Å². The predicted octanol–water partition coefficient (Wildman–Crippen LogP) is 5.62. The van der Waals surface area contributed by atoms with E-state index in [4.69, 9.17) is 16.3 Å². The number of hydrogen-bond donors (Lipinski definition) is 3. The van der Waals surface area contributed by atoms with Crippen LogP contribution in [0.4, 0.5) is 27.6 Å². The van der Waals surface area contributed by atoms with Crippen molar-refractivity contribution in [1.82, 2.24) is 5.32 Å². The number of halogens is 6. The minimum Gasteiger partial charge on any atom is -0.490 e. The third-order valence-electron chi connectivity index (χ3n) is 6.34. The van der Waals surface area contributed by atoms with Gasteiger partial charge in [0.05, 0.1) is 29.0 Å². The van der Waals surface area contributed by atoms with Crippen molar-refractivity contribution in [3.05, 3.63) is 93.0 Å². The van der Waals surface area contributed by atoms with E-state index < -0.39 is 52.9 Å². The maximum atomic E-state index is 14.1. The topological polar surface area (TPSA) is 87.7 Å². The number of alkyl halides is 3. The lowest BCUT2D eigenvalue weighted by Crippen LogP contribution is -2.37. The molecule has 1 unspecified atom stereocenters. The first-order valence-electron chi connectivity index (χ1n) is 11.4. The minimum atomic E-state index is -4.89. The number of benzene rings is 3. The first-order chi connectivity index (χ1) is 17.9. The maximum Gasteiger partial charge on any atom is 0.416 e. The number of carbonyl (C=O) groups excluding carboxylic acids is 2. The number of aliphatic hydroxyl groups excluding tert-OH is 1. The second-order valence-electron chi connectivity index (χ2n) is 9.05. The first-order valence-corrected chi connectivity index (χ1v) is 11.7. The number of fused-ring (bicyclic) bond motifs is 1. The van der Waals surface area contributed by atoms with Crippen LogP contribution in [0, 0.1) is 11.6 Å². The van der Waals surface area contributed by atoms with Gasteiger partial charge < -0.3 is 20.5 Å². The fourth-order valence-corrected chi connectivity index (χ4v) is 4.68. The highest BCUT2D eigenvalue weighted by Crippen LogP contribution is 2.42. The van der Waals surface area contributed by atoms with Crippen LogP contribution in [0.25, 0.3) is 0 Å². The van der Waals surface area contributed by atoms with Crippen LogP contribution in [0.15, 0.2) is 48.5 Å². The van der Waals surface area contributed by atoms with Gasteiger partial charge in [0.25, 0.3) is 11.8 Å². The molecule has 2 amide bonds. The summed E-state index contributed by atoms with van der Waals surface area (Å²) in [4.78, 5) is 25.9. The molecule has 2 aliphatic rings. The normalized spacial score (nSPS) is 20.4. The molecule has 3 aromatic rings. The predicted molar refractivity (Wildman–Crippen MR) is 126 cm³/mol. The van der Waals surface area contributed by atoms with Crippen LogP contribution in [-0.2, 0) is 6.18 Å². The van der Waals surface area contributed by atoms with Gasteiger partial charge in [-0.3, -0.25) is 9.59 Å². The van der Waals surface area contributed by atoms with Crippen LogP contribution in [-0.4, -0.2) is 29.1 Å². The summed E-state index contributed by atoms with van der Waals surface area (Å²) in [5, 5.41) is 14.8. The molecule has 6 nitrogen and oxygen atoms in total. The molecule has 0 spiro atoms. The maximum absolute atomic E-state index is 14.1. The van der Waals surface area contributed by atoms with Gasteiger partial charge in [-0.15, -0.1) is 0 Å². The molecule has 0 radical (unpaired) electrons. The number of carbonyl (C=O) groups is 2. The molecule has 38 heavy (non-hydrogen) atoms. The molecule has 0 aromatic heterocycles. The molecule has 1 aliphatic heterocycles. The van der Waals surface area contributed by atoms with E-state index in [0.29, 0.717) is 25.0 Å².